The Balaban J connectivity index is 2.05. The van der Waals surface area contributed by atoms with Crippen LogP contribution in [0.25, 0.3) is 0 Å². The number of hydrogen-bond acceptors (Lipinski definition) is 5. The molecule has 18 heavy (non-hydrogen) atoms. The van der Waals surface area contributed by atoms with E-state index in [9.17, 15) is 4.79 Å². The molecule has 1 amide bonds. The molecule has 7 heteroatoms. The Morgan fingerprint density at radius 2 is 2.22 bits per heavy atom. The summed E-state index contributed by atoms with van der Waals surface area (Å²) in [7, 11) is 0. The summed E-state index contributed by atoms with van der Waals surface area (Å²) in [6.07, 6.45) is 1.72. The lowest BCUT2D eigenvalue weighted by Crippen LogP contribution is -2.20. The van der Waals surface area contributed by atoms with Crippen LogP contribution in [-0.4, -0.2) is 20.7 Å². The van der Waals surface area contributed by atoms with Gasteiger partial charge in [-0.3, -0.25) is 9.48 Å². The number of anilines is 2. The van der Waals surface area contributed by atoms with Crippen molar-refractivity contribution in [1.29, 1.82) is 0 Å². The lowest BCUT2D eigenvalue weighted by molar-refractivity contribution is -0.116. The smallest absolute Gasteiger partial charge is 0.247 e. The minimum absolute atomic E-state index is 0.141. The Hall–Kier alpha value is -1.89. The van der Waals surface area contributed by atoms with Crippen LogP contribution in [0.15, 0.2) is 6.20 Å². The van der Waals surface area contributed by atoms with Gasteiger partial charge >= 0.3 is 0 Å². The fourth-order valence-electron chi connectivity index (χ4n) is 1.57. The highest BCUT2D eigenvalue weighted by atomic mass is 32.1. The summed E-state index contributed by atoms with van der Waals surface area (Å²) in [5.74, 6) is -0.157. The molecule has 0 saturated carbocycles. The number of nitrogens with one attached hydrogen (secondary N) is 1. The molecule has 0 saturated heterocycles. The van der Waals surface area contributed by atoms with E-state index in [0.717, 1.165) is 16.3 Å². The van der Waals surface area contributed by atoms with Gasteiger partial charge in [0.05, 0.1) is 17.1 Å². The molecule has 3 N–H and O–H groups in total. The Kier molecular flexibility index (Phi) is 3.33. The summed E-state index contributed by atoms with van der Waals surface area (Å²) in [6.45, 7) is 5.74. The van der Waals surface area contributed by atoms with Gasteiger partial charge in [0.1, 0.15) is 6.54 Å². The highest BCUT2D eigenvalue weighted by Gasteiger charge is 2.12. The number of nitrogen functional groups attached to an aromatic ring is 1. The molecule has 2 aromatic heterocycles. The quantitative estimate of drug-likeness (QED) is 0.880. The third kappa shape index (κ3) is 2.51. The molecular weight excluding hydrogens is 250 g/mol. The molecule has 2 aromatic rings. The van der Waals surface area contributed by atoms with Gasteiger partial charge in [0, 0.05) is 11.1 Å². The summed E-state index contributed by atoms with van der Waals surface area (Å²) >= 11 is 1.44. The molecule has 0 spiro atoms. The second-order valence-corrected chi connectivity index (χ2v) is 5.30. The number of rotatable bonds is 3. The predicted molar refractivity (Wildman–Crippen MR) is 71.6 cm³/mol. The first kappa shape index (κ1) is 12.6. The van der Waals surface area contributed by atoms with Crippen LogP contribution in [0.5, 0.6) is 0 Å². The third-order valence-electron chi connectivity index (χ3n) is 2.60. The standard InChI is InChI=1S/C11H15N5OS/c1-6-4-13-11(18-6)14-9(17)5-16-8(3)10(12)7(2)15-16/h4H,5,12H2,1-3H3,(H,13,14,17). The van der Waals surface area contributed by atoms with Crippen LogP contribution >= 0.6 is 11.3 Å². The van der Waals surface area contributed by atoms with Crippen LogP contribution in [0, 0.1) is 20.8 Å². The van der Waals surface area contributed by atoms with E-state index in [2.05, 4.69) is 15.4 Å². The number of nitrogens with zero attached hydrogens (tertiary/aromatic N) is 3. The van der Waals surface area contributed by atoms with Crippen molar-refractivity contribution >= 4 is 28.1 Å². The summed E-state index contributed by atoms with van der Waals surface area (Å²) in [5.41, 5.74) is 7.99. The highest BCUT2D eigenvalue weighted by molar-refractivity contribution is 7.15. The molecule has 0 unspecified atom stereocenters. The van der Waals surface area contributed by atoms with Crippen molar-refractivity contribution in [3.8, 4) is 0 Å². The van der Waals surface area contributed by atoms with E-state index >= 15 is 0 Å². The Bertz CT molecular complexity index is 586. The van der Waals surface area contributed by atoms with Crippen LogP contribution < -0.4 is 11.1 Å². The average Bonchev–Trinajstić information content (AvgIpc) is 2.80. The Morgan fingerprint density at radius 3 is 2.72 bits per heavy atom. The van der Waals surface area contributed by atoms with Crippen LogP contribution in [0.2, 0.25) is 0 Å². The van der Waals surface area contributed by atoms with Gasteiger partial charge in [0.25, 0.3) is 0 Å². The third-order valence-corrected chi connectivity index (χ3v) is 3.43. The Morgan fingerprint density at radius 1 is 1.50 bits per heavy atom. The topological polar surface area (TPSA) is 85.8 Å². The van der Waals surface area contributed by atoms with Crippen LogP contribution in [0.3, 0.4) is 0 Å². The zero-order valence-corrected chi connectivity index (χ0v) is 11.3. The largest absolute Gasteiger partial charge is 0.396 e. The highest BCUT2D eigenvalue weighted by Crippen LogP contribution is 2.17. The monoisotopic (exact) mass is 265 g/mol. The number of amides is 1. The fraction of sp³-hybridized carbons (Fsp3) is 0.364. The zero-order valence-electron chi connectivity index (χ0n) is 10.5. The average molecular weight is 265 g/mol. The van der Waals surface area contributed by atoms with E-state index in [-0.39, 0.29) is 12.5 Å². The molecule has 6 nitrogen and oxygen atoms in total. The number of aryl methyl sites for hydroxylation is 2. The molecule has 0 aliphatic heterocycles. The first-order chi connectivity index (χ1) is 8.47. The summed E-state index contributed by atoms with van der Waals surface area (Å²) in [6, 6.07) is 0. The molecular formula is C11H15N5OS. The van der Waals surface area contributed by atoms with E-state index in [1.54, 1.807) is 10.9 Å². The lowest BCUT2D eigenvalue weighted by Gasteiger charge is -2.04. The van der Waals surface area contributed by atoms with Crippen LogP contribution in [0.1, 0.15) is 16.3 Å². The number of nitrogens with two attached hydrogens (primary N) is 1. The summed E-state index contributed by atoms with van der Waals surface area (Å²) in [5, 5.41) is 7.55. The van der Waals surface area contributed by atoms with Crippen molar-refractivity contribution in [2.75, 3.05) is 11.1 Å². The molecule has 0 radical (unpaired) electrons. The van der Waals surface area contributed by atoms with E-state index in [1.807, 2.05) is 20.8 Å². The number of carbonyl (C=O) groups is 1. The normalized spacial score (nSPS) is 10.6. The van der Waals surface area contributed by atoms with Crippen molar-refractivity contribution in [2.24, 2.45) is 0 Å². The van der Waals surface area contributed by atoms with Gasteiger partial charge in [-0.05, 0) is 20.8 Å². The van der Waals surface area contributed by atoms with Gasteiger partial charge in [-0.1, -0.05) is 0 Å². The maximum Gasteiger partial charge on any atom is 0.247 e. The van der Waals surface area contributed by atoms with Crippen molar-refractivity contribution in [3.63, 3.8) is 0 Å². The number of carbonyl (C=O) groups excluding carboxylic acids is 1. The maximum absolute atomic E-state index is 11.8. The Labute approximate surface area is 109 Å². The molecule has 0 atom stereocenters. The maximum atomic E-state index is 11.8. The first-order valence-electron chi connectivity index (χ1n) is 5.49. The van der Waals surface area contributed by atoms with E-state index in [4.69, 9.17) is 5.73 Å². The molecule has 0 aliphatic carbocycles. The fourth-order valence-corrected chi connectivity index (χ4v) is 2.25. The van der Waals surface area contributed by atoms with E-state index < -0.39 is 0 Å². The molecule has 2 heterocycles. The van der Waals surface area contributed by atoms with Gasteiger partial charge < -0.3 is 11.1 Å². The molecule has 0 fully saturated rings. The minimum atomic E-state index is -0.157. The number of hydrogen-bond donors (Lipinski definition) is 2. The zero-order chi connectivity index (χ0) is 13.3. The van der Waals surface area contributed by atoms with E-state index in [1.165, 1.54) is 11.3 Å². The van der Waals surface area contributed by atoms with Gasteiger partial charge in [-0.2, -0.15) is 5.10 Å². The van der Waals surface area contributed by atoms with Crippen molar-refractivity contribution in [1.82, 2.24) is 14.8 Å². The van der Waals surface area contributed by atoms with Gasteiger partial charge in [0.15, 0.2) is 5.13 Å². The second-order valence-electron chi connectivity index (χ2n) is 4.07. The molecule has 0 aromatic carbocycles. The first-order valence-corrected chi connectivity index (χ1v) is 6.31. The second kappa shape index (κ2) is 4.77. The molecule has 0 bridgehead atoms. The van der Waals surface area contributed by atoms with Gasteiger partial charge in [-0.15, -0.1) is 11.3 Å². The minimum Gasteiger partial charge on any atom is -0.396 e. The van der Waals surface area contributed by atoms with Gasteiger partial charge in [-0.25, -0.2) is 4.98 Å². The SMILES string of the molecule is Cc1cnc(NC(=O)Cn2nc(C)c(N)c2C)s1. The van der Waals surface area contributed by atoms with Crippen LogP contribution in [0.4, 0.5) is 10.8 Å². The molecule has 96 valence electrons. The number of aromatic nitrogens is 3. The number of thiazole rings is 1. The van der Waals surface area contributed by atoms with Crippen molar-refractivity contribution in [2.45, 2.75) is 27.3 Å². The van der Waals surface area contributed by atoms with Gasteiger partial charge in [0.2, 0.25) is 5.91 Å². The van der Waals surface area contributed by atoms with Crippen molar-refractivity contribution < 1.29 is 4.79 Å². The van der Waals surface area contributed by atoms with E-state index in [0.29, 0.717) is 10.8 Å². The predicted octanol–water partition coefficient (Wildman–Crippen LogP) is 1.49. The molecule has 0 aliphatic rings. The molecule has 2 rings (SSSR count). The van der Waals surface area contributed by atoms with Crippen LogP contribution in [-0.2, 0) is 11.3 Å². The lowest BCUT2D eigenvalue weighted by atomic mass is 10.3. The summed E-state index contributed by atoms with van der Waals surface area (Å²) < 4.78 is 1.60. The summed E-state index contributed by atoms with van der Waals surface area (Å²) in [4.78, 5) is 16.9. The van der Waals surface area contributed by atoms with Crippen molar-refractivity contribution in [3.05, 3.63) is 22.5 Å².